The molecule has 0 radical (unpaired) electrons. The van der Waals surface area contributed by atoms with Crippen molar-refractivity contribution in [3.63, 3.8) is 0 Å². The van der Waals surface area contributed by atoms with E-state index in [0.29, 0.717) is 0 Å². The summed E-state index contributed by atoms with van der Waals surface area (Å²) < 4.78 is 5.20. The number of hydrogen-bond donors (Lipinski definition) is 0. The number of likely N-dealkylation sites (tertiary alicyclic amines) is 1. The zero-order valence-corrected chi connectivity index (χ0v) is 13.2. The van der Waals surface area contributed by atoms with Crippen LogP contribution in [0.1, 0.15) is 39.0 Å². The first-order valence-electron chi connectivity index (χ1n) is 7.20. The molecule has 0 aliphatic carbocycles. The van der Waals surface area contributed by atoms with Gasteiger partial charge in [-0.25, -0.2) is 0 Å². The second-order valence-corrected chi connectivity index (χ2v) is 6.63. The fraction of sp³-hybridized carbons (Fsp3) is 0.353. The van der Waals surface area contributed by atoms with Gasteiger partial charge in [-0.1, -0.05) is 12.1 Å². The molecule has 0 saturated carbocycles. The van der Waals surface area contributed by atoms with Gasteiger partial charge in [0.05, 0.1) is 18.0 Å². The normalized spacial score (nSPS) is 18.0. The molecule has 4 heteroatoms. The number of amides is 1. The van der Waals surface area contributed by atoms with Crippen LogP contribution in [0, 0.1) is 6.92 Å². The first-order valence-corrected chi connectivity index (χ1v) is 8.02. The summed E-state index contributed by atoms with van der Waals surface area (Å²) >= 11 is 1.57. The van der Waals surface area contributed by atoms with Crippen molar-refractivity contribution >= 4 is 17.2 Å². The fourth-order valence-corrected chi connectivity index (χ4v) is 3.70. The molecule has 1 saturated heterocycles. The van der Waals surface area contributed by atoms with Gasteiger partial charge in [-0.3, -0.25) is 4.79 Å². The summed E-state index contributed by atoms with van der Waals surface area (Å²) in [6.07, 6.45) is 2.09. The molecule has 1 atom stereocenters. The van der Waals surface area contributed by atoms with Crippen LogP contribution < -0.4 is 4.74 Å². The minimum Gasteiger partial charge on any atom is -0.497 e. The van der Waals surface area contributed by atoms with Gasteiger partial charge in [-0.15, -0.1) is 11.3 Å². The van der Waals surface area contributed by atoms with Crippen LogP contribution in [0.15, 0.2) is 36.4 Å². The van der Waals surface area contributed by atoms with Gasteiger partial charge in [-0.2, -0.15) is 0 Å². The van der Waals surface area contributed by atoms with E-state index in [4.69, 9.17) is 4.74 Å². The molecule has 1 aliphatic rings. The Morgan fingerprint density at radius 3 is 2.62 bits per heavy atom. The van der Waals surface area contributed by atoms with Crippen LogP contribution in [-0.4, -0.2) is 24.5 Å². The lowest BCUT2D eigenvalue weighted by molar-refractivity contribution is 0.0740. The Bertz CT molecular complexity index is 632. The highest BCUT2D eigenvalue weighted by Crippen LogP contribution is 2.34. The topological polar surface area (TPSA) is 29.5 Å². The third kappa shape index (κ3) is 2.81. The lowest BCUT2D eigenvalue weighted by Gasteiger charge is -2.24. The van der Waals surface area contributed by atoms with Gasteiger partial charge in [0.1, 0.15) is 5.75 Å². The second-order valence-electron chi connectivity index (χ2n) is 5.34. The van der Waals surface area contributed by atoms with E-state index in [9.17, 15) is 4.79 Å². The van der Waals surface area contributed by atoms with Gasteiger partial charge in [-0.05, 0) is 49.6 Å². The van der Waals surface area contributed by atoms with Crippen LogP contribution in [0.3, 0.4) is 0 Å². The van der Waals surface area contributed by atoms with Crippen LogP contribution in [0.5, 0.6) is 5.75 Å². The number of rotatable bonds is 3. The van der Waals surface area contributed by atoms with Gasteiger partial charge >= 0.3 is 0 Å². The highest BCUT2D eigenvalue weighted by atomic mass is 32.1. The minimum atomic E-state index is 0.159. The molecule has 21 heavy (non-hydrogen) atoms. The molecule has 0 spiro atoms. The van der Waals surface area contributed by atoms with E-state index in [1.54, 1.807) is 18.4 Å². The van der Waals surface area contributed by atoms with Crippen molar-refractivity contribution in [2.45, 2.75) is 25.8 Å². The zero-order valence-electron chi connectivity index (χ0n) is 12.3. The molecule has 1 unspecified atom stereocenters. The second kappa shape index (κ2) is 5.90. The van der Waals surface area contributed by atoms with E-state index in [1.165, 1.54) is 10.4 Å². The number of aryl methyl sites for hydroxylation is 1. The molecular weight excluding hydrogens is 282 g/mol. The van der Waals surface area contributed by atoms with Gasteiger partial charge in [0, 0.05) is 11.4 Å². The number of methoxy groups -OCH3 is 1. The van der Waals surface area contributed by atoms with E-state index in [2.05, 4.69) is 12.1 Å². The van der Waals surface area contributed by atoms with Crippen LogP contribution in [-0.2, 0) is 0 Å². The number of carbonyl (C=O) groups is 1. The van der Waals surface area contributed by atoms with Crippen molar-refractivity contribution in [2.24, 2.45) is 0 Å². The number of carbonyl (C=O) groups excluding carboxylic acids is 1. The molecule has 0 bridgehead atoms. The largest absolute Gasteiger partial charge is 0.497 e. The van der Waals surface area contributed by atoms with Crippen molar-refractivity contribution in [3.05, 3.63) is 51.7 Å². The van der Waals surface area contributed by atoms with Crippen LogP contribution >= 0.6 is 11.3 Å². The smallest absolute Gasteiger partial charge is 0.264 e. The van der Waals surface area contributed by atoms with E-state index in [-0.39, 0.29) is 11.9 Å². The summed E-state index contributed by atoms with van der Waals surface area (Å²) in [5.41, 5.74) is 1.19. The molecule has 1 amide bonds. The highest BCUT2D eigenvalue weighted by Gasteiger charge is 2.31. The number of nitrogens with zero attached hydrogens (tertiary/aromatic N) is 1. The summed E-state index contributed by atoms with van der Waals surface area (Å²) in [7, 11) is 1.67. The number of ether oxygens (including phenoxy) is 1. The summed E-state index contributed by atoms with van der Waals surface area (Å²) in [5, 5.41) is 0. The fourth-order valence-electron chi connectivity index (χ4n) is 2.87. The van der Waals surface area contributed by atoms with Gasteiger partial charge in [0.15, 0.2) is 0 Å². The number of thiophene rings is 1. The summed E-state index contributed by atoms with van der Waals surface area (Å²) in [4.78, 5) is 16.7. The van der Waals surface area contributed by atoms with Crippen molar-refractivity contribution in [3.8, 4) is 5.75 Å². The van der Waals surface area contributed by atoms with Crippen molar-refractivity contribution < 1.29 is 9.53 Å². The van der Waals surface area contributed by atoms with E-state index >= 15 is 0 Å². The van der Waals surface area contributed by atoms with Gasteiger partial charge in [0.25, 0.3) is 5.91 Å². The molecule has 1 fully saturated rings. The average Bonchev–Trinajstić information content (AvgIpc) is 3.15. The van der Waals surface area contributed by atoms with Gasteiger partial charge < -0.3 is 9.64 Å². The Morgan fingerprint density at radius 2 is 2.00 bits per heavy atom. The first-order chi connectivity index (χ1) is 10.2. The van der Waals surface area contributed by atoms with E-state index in [1.807, 2.05) is 36.1 Å². The summed E-state index contributed by atoms with van der Waals surface area (Å²) in [6.45, 7) is 2.87. The Kier molecular flexibility index (Phi) is 3.97. The number of hydrogen-bond acceptors (Lipinski definition) is 3. The summed E-state index contributed by atoms with van der Waals surface area (Å²) in [6, 6.07) is 12.2. The monoisotopic (exact) mass is 301 g/mol. The first kappa shape index (κ1) is 14.1. The Morgan fingerprint density at radius 1 is 1.24 bits per heavy atom. The molecule has 1 aromatic carbocycles. The lowest BCUT2D eigenvalue weighted by atomic mass is 10.0. The maximum atomic E-state index is 12.7. The molecule has 3 nitrogen and oxygen atoms in total. The average molecular weight is 301 g/mol. The van der Waals surface area contributed by atoms with Crippen molar-refractivity contribution in [1.29, 1.82) is 0 Å². The maximum Gasteiger partial charge on any atom is 0.264 e. The molecule has 2 aromatic rings. The minimum absolute atomic E-state index is 0.159. The van der Waals surface area contributed by atoms with Crippen LogP contribution in [0.2, 0.25) is 0 Å². The van der Waals surface area contributed by atoms with Crippen molar-refractivity contribution in [2.75, 3.05) is 13.7 Å². The lowest BCUT2D eigenvalue weighted by Crippen LogP contribution is -2.29. The molecule has 110 valence electrons. The van der Waals surface area contributed by atoms with E-state index in [0.717, 1.165) is 30.0 Å². The zero-order chi connectivity index (χ0) is 14.8. The highest BCUT2D eigenvalue weighted by molar-refractivity contribution is 7.13. The molecule has 2 heterocycles. The Balaban J connectivity index is 1.83. The number of benzene rings is 1. The Hall–Kier alpha value is -1.81. The predicted molar refractivity (Wildman–Crippen MR) is 85.1 cm³/mol. The molecular formula is C17H19NO2S. The third-order valence-electron chi connectivity index (χ3n) is 3.97. The molecule has 1 aromatic heterocycles. The third-order valence-corrected chi connectivity index (χ3v) is 4.95. The van der Waals surface area contributed by atoms with Crippen LogP contribution in [0.4, 0.5) is 0 Å². The predicted octanol–water partition coefficient (Wildman–Crippen LogP) is 4.04. The van der Waals surface area contributed by atoms with E-state index < -0.39 is 0 Å². The summed E-state index contributed by atoms with van der Waals surface area (Å²) in [5.74, 6) is 1.01. The molecule has 1 aliphatic heterocycles. The van der Waals surface area contributed by atoms with Gasteiger partial charge in [0.2, 0.25) is 0 Å². The maximum absolute atomic E-state index is 12.7. The SMILES string of the molecule is COc1ccc(C2CCCN2C(=O)c2ccc(C)s2)cc1. The van der Waals surface area contributed by atoms with Crippen molar-refractivity contribution in [1.82, 2.24) is 4.90 Å². The molecule has 0 N–H and O–H groups in total. The standard InChI is InChI=1S/C17H19NO2S/c1-12-5-10-16(21-12)17(19)18-11-3-4-15(18)13-6-8-14(20-2)9-7-13/h5-10,15H,3-4,11H2,1-2H3. The van der Waals surface area contributed by atoms with Crippen LogP contribution in [0.25, 0.3) is 0 Å². The Labute approximate surface area is 129 Å². The molecule has 3 rings (SSSR count). The quantitative estimate of drug-likeness (QED) is 0.856.